The van der Waals surface area contributed by atoms with E-state index in [4.69, 9.17) is 10.2 Å². The topological polar surface area (TPSA) is 77.8 Å². The molecule has 0 aliphatic rings. The van der Waals surface area contributed by atoms with E-state index in [1.165, 1.54) is 25.2 Å². The van der Waals surface area contributed by atoms with Crippen molar-refractivity contribution in [1.82, 2.24) is 4.90 Å². The summed E-state index contributed by atoms with van der Waals surface area (Å²) in [5.74, 6) is -2.92. The molecule has 5 nitrogen and oxygen atoms in total. The quantitative estimate of drug-likeness (QED) is 0.803. The molecule has 0 amide bonds. The highest BCUT2D eigenvalue weighted by Crippen LogP contribution is 2.20. The summed E-state index contributed by atoms with van der Waals surface area (Å²) in [6.07, 6.45) is 0. The second kappa shape index (κ2) is 5.40. The lowest BCUT2D eigenvalue weighted by atomic mass is 10.1. The van der Waals surface area contributed by atoms with Gasteiger partial charge >= 0.3 is 11.9 Å². The van der Waals surface area contributed by atoms with Crippen LogP contribution in [0.25, 0.3) is 0 Å². The molecular formula is C11H12FNO4. The van der Waals surface area contributed by atoms with Crippen LogP contribution in [0.1, 0.15) is 11.6 Å². The van der Waals surface area contributed by atoms with E-state index in [1.54, 1.807) is 0 Å². The van der Waals surface area contributed by atoms with Crippen LogP contribution in [-0.2, 0) is 9.59 Å². The highest BCUT2D eigenvalue weighted by atomic mass is 19.1. The maximum atomic E-state index is 13.0. The second-order valence-corrected chi connectivity index (χ2v) is 3.60. The number of aliphatic carboxylic acids is 2. The standard InChI is InChI=1S/C11H12FNO4/c1-13(6-9(14)15)10(11(16)17)7-3-2-4-8(12)5-7/h2-5,10H,6H2,1H3,(H,14,15)(H,16,17). The Kier molecular flexibility index (Phi) is 4.17. The highest BCUT2D eigenvalue weighted by molar-refractivity contribution is 5.77. The van der Waals surface area contributed by atoms with Crippen molar-refractivity contribution >= 4 is 11.9 Å². The lowest BCUT2D eigenvalue weighted by Gasteiger charge is -2.23. The lowest BCUT2D eigenvalue weighted by Crippen LogP contribution is -2.34. The fourth-order valence-corrected chi connectivity index (χ4v) is 1.57. The van der Waals surface area contributed by atoms with Crippen LogP contribution in [0, 0.1) is 5.82 Å². The summed E-state index contributed by atoms with van der Waals surface area (Å²) in [5, 5.41) is 17.7. The van der Waals surface area contributed by atoms with Crippen molar-refractivity contribution in [2.75, 3.05) is 13.6 Å². The molecule has 0 radical (unpaired) electrons. The molecule has 0 saturated carbocycles. The SMILES string of the molecule is CN(CC(=O)O)C(C(=O)O)c1cccc(F)c1. The van der Waals surface area contributed by atoms with Crippen molar-refractivity contribution in [3.8, 4) is 0 Å². The first kappa shape index (κ1) is 13.1. The molecule has 17 heavy (non-hydrogen) atoms. The van der Waals surface area contributed by atoms with Crippen LogP contribution in [0.3, 0.4) is 0 Å². The molecule has 1 aromatic rings. The number of benzene rings is 1. The average molecular weight is 241 g/mol. The third kappa shape index (κ3) is 3.53. The molecule has 0 spiro atoms. The van der Waals surface area contributed by atoms with Crippen LogP contribution < -0.4 is 0 Å². The van der Waals surface area contributed by atoms with E-state index in [2.05, 4.69) is 0 Å². The van der Waals surface area contributed by atoms with Gasteiger partial charge in [0.05, 0.1) is 6.54 Å². The summed E-state index contributed by atoms with van der Waals surface area (Å²) < 4.78 is 13.0. The predicted octanol–water partition coefficient (Wildman–Crippen LogP) is 0.968. The zero-order valence-electron chi connectivity index (χ0n) is 9.13. The zero-order chi connectivity index (χ0) is 13.0. The van der Waals surface area contributed by atoms with Gasteiger partial charge in [-0.25, -0.2) is 4.39 Å². The number of nitrogens with zero attached hydrogens (tertiary/aromatic N) is 1. The Morgan fingerprint density at radius 3 is 2.53 bits per heavy atom. The number of likely N-dealkylation sites (N-methyl/N-ethyl adjacent to an activating group) is 1. The fourth-order valence-electron chi connectivity index (χ4n) is 1.57. The minimum atomic E-state index is -1.22. The van der Waals surface area contributed by atoms with Gasteiger partial charge in [-0.05, 0) is 24.7 Å². The van der Waals surface area contributed by atoms with Crippen molar-refractivity contribution in [2.24, 2.45) is 0 Å². The van der Waals surface area contributed by atoms with Gasteiger partial charge < -0.3 is 10.2 Å². The first-order chi connectivity index (χ1) is 7.91. The minimum absolute atomic E-state index is 0.209. The van der Waals surface area contributed by atoms with Gasteiger partial charge in [-0.15, -0.1) is 0 Å². The van der Waals surface area contributed by atoms with Gasteiger partial charge in [0, 0.05) is 0 Å². The van der Waals surface area contributed by atoms with Crippen LogP contribution in [0.15, 0.2) is 24.3 Å². The van der Waals surface area contributed by atoms with E-state index in [0.717, 1.165) is 11.0 Å². The average Bonchev–Trinajstić information content (AvgIpc) is 2.15. The summed E-state index contributed by atoms with van der Waals surface area (Å²) in [4.78, 5) is 22.7. The van der Waals surface area contributed by atoms with Gasteiger partial charge in [-0.1, -0.05) is 12.1 Å². The van der Waals surface area contributed by atoms with Crippen LogP contribution >= 0.6 is 0 Å². The van der Waals surface area contributed by atoms with Crippen LogP contribution in [0.5, 0.6) is 0 Å². The largest absolute Gasteiger partial charge is 0.480 e. The predicted molar refractivity (Wildman–Crippen MR) is 57.0 cm³/mol. The van der Waals surface area contributed by atoms with Gasteiger partial charge in [-0.3, -0.25) is 14.5 Å². The number of carboxylic acid groups (broad SMARTS) is 2. The second-order valence-electron chi connectivity index (χ2n) is 3.60. The molecule has 0 saturated heterocycles. The zero-order valence-corrected chi connectivity index (χ0v) is 9.13. The summed E-state index contributed by atoms with van der Waals surface area (Å²) in [6.45, 7) is -0.437. The molecule has 1 rings (SSSR count). The maximum absolute atomic E-state index is 13.0. The molecule has 1 atom stereocenters. The lowest BCUT2D eigenvalue weighted by molar-refractivity contribution is -0.145. The molecule has 0 fully saturated rings. The Morgan fingerprint density at radius 2 is 2.06 bits per heavy atom. The molecule has 0 heterocycles. The van der Waals surface area contributed by atoms with Gasteiger partial charge in [0.15, 0.2) is 0 Å². The smallest absolute Gasteiger partial charge is 0.325 e. The van der Waals surface area contributed by atoms with E-state index >= 15 is 0 Å². The van der Waals surface area contributed by atoms with Crippen LogP contribution in [0.2, 0.25) is 0 Å². The monoisotopic (exact) mass is 241 g/mol. The minimum Gasteiger partial charge on any atom is -0.480 e. The maximum Gasteiger partial charge on any atom is 0.325 e. The molecule has 0 bridgehead atoms. The number of carboxylic acids is 2. The Balaban J connectivity index is 3.01. The Morgan fingerprint density at radius 1 is 1.41 bits per heavy atom. The fraction of sp³-hybridized carbons (Fsp3) is 0.273. The highest BCUT2D eigenvalue weighted by Gasteiger charge is 2.26. The summed E-state index contributed by atoms with van der Waals surface area (Å²) in [7, 11) is 1.36. The molecule has 1 aromatic carbocycles. The van der Waals surface area contributed by atoms with Crippen LogP contribution in [0.4, 0.5) is 4.39 Å². The Labute approximate surface area is 97.1 Å². The Bertz CT molecular complexity index is 435. The molecule has 92 valence electrons. The van der Waals surface area contributed by atoms with Crippen molar-refractivity contribution in [1.29, 1.82) is 0 Å². The number of rotatable bonds is 5. The van der Waals surface area contributed by atoms with Crippen molar-refractivity contribution in [3.05, 3.63) is 35.6 Å². The van der Waals surface area contributed by atoms with Crippen LogP contribution in [-0.4, -0.2) is 40.6 Å². The normalized spacial score (nSPS) is 12.4. The number of hydrogen-bond donors (Lipinski definition) is 2. The number of hydrogen-bond acceptors (Lipinski definition) is 3. The molecule has 1 unspecified atom stereocenters. The van der Waals surface area contributed by atoms with Crippen molar-refractivity contribution in [3.63, 3.8) is 0 Å². The first-order valence-corrected chi connectivity index (χ1v) is 4.82. The van der Waals surface area contributed by atoms with Gasteiger partial charge in [0.2, 0.25) is 0 Å². The van der Waals surface area contributed by atoms with Gasteiger partial charge in [0.25, 0.3) is 0 Å². The van der Waals surface area contributed by atoms with Gasteiger partial charge in [-0.2, -0.15) is 0 Å². The molecule has 2 N–H and O–H groups in total. The first-order valence-electron chi connectivity index (χ1n) is 4.82. The van der Waals surface area contributed by atoms with E-state index in [1.807, 2.05) is 0 Å². The molecule has 0 aliphatic heterocycles. The van der Waals surface area contributed by atoms with Crippen molar-refractivity contribution in [2.45, 2.75) is 6.04 Å². The van der Waals surface area contributed by atoms with Gasteiger partial charge in [0.1, 0.15) is 11.9 Å². The van der Waals surface area contributed by atoms with E-state index < -0.39 is 30.3 Å². The summed E-state index contributed by atoms with van der Waals surface area (Å²) in [5.41, 5.74) is 0.209. The molecular weight excluding hydrogens is 229 g/mol. The number of carbonyl (C=O) groups is 2. The third-order valence-electron chi connectivity index (χ3n) is 2.22. The number of halogens is 1. The Hall–Kier alpha value is -1.95. The summed E-state index contributed by atoms with van der Waals surface area (Å²) >= 11 is 0. The molecule has 6 heteroatoms. The van der Waals surface area contributed by atoms with Crippen molar-refractivity contribution < 1.29 is 24.2 Å². The van der Waals surface area contributed by atoms with E-state index in [9.17, 15) is 14.0 Å². The van der Waals surface area contributed by atoms with E-state index in [0.29, 0.717) is 0 Å². The molecule has 0 aliphatic carbocycles. The third-order valence-corrected chi connectivity index (χ3v) is 2.22. The molecule has 0 aromatic heterocycles. The van der Waals surface area contributed by atoms with E-state index in [-0.39, 0.29) is 5.56 Å². The summed E-state index contributed by atoms with van der Waals surface area (Å²) in [6, 6.07) is 3.92.